The van der Waals surface area contributed by atoms with Gasteiger partial charge in [0.1, 0.15) is 12.4 Å². The van der Waals surface area contributed by atoms with Gasteiger partial charge in [-0.15, -0.1) is 6.58 Å². The van der Waals surface area contributed by atoms with Crippen LogP contribution < -0.4 is 15.0 Å². The van der Waals surface area contributed by atoms with Crippen LogP contribution in [0.1, 0.15) is 24.2 Å². The summed E-state index contributed by atoms with van der Waals surface area (Å²) in [6.07, 6.45) is 1.67. The van der Waals surface area contributed by atoms with Crippen LogP contribution in [-0.4, -0.2) is 25.0 Å². The van der Waals surface area contributed by atoms with Crippen LogP contribution in [0.4, 0.5) is 11.4 Å². The monoisotopic (exact) mass is 462 g/mol. The summed E-state index contributed by atoms with van der Waals surface area (Å²) in [4.78, 5) is 27.1. The minimum atomic E-state index is -0.671. The molecule has 1 N–H and O–H groups in total. The van der Waals surface area contributed by atoms with Crippen molar-refractivity contribution >= 4 is 50.7 Å². The number of hydrogen-bond donors (Lipinski definition) is 1. The van der Waals surface area contributed by atoms with Gasteiger partial charge in [-0.25, -0.2) is 0 Å². The summed E-state index contributed by atoms with van der Waals surface area (Å²) in [6, 6.07) is 10.3. The first-order chi connectivity index (χ1) is 13.2. The number of carbonyl (C=O) groups is 2. The molecular weight excluding hydrogens is 444 g/mol. The summed E-state index contributed by atoms with van der Waals surface area (Å²) in [6.45, 7) is 8.03. The Kier molecular flexibility index (Phi) is 5.82. The maximum atomic E-state index is 12.8. The van der Waals surface area contributed by atoms with Crippen molar-refractivity contribution in [3.05, 3.63) is 64.1 Å². The van der Waals surface area contributed by atoms with E-state index in [0.717, 1.165) is 4.47 Å². The van der Waals surface area contributed by atoms with Crippen molar-refractivity contribution in [1.82, 2.24) is 0 Å². The number of fused-ring (bicyclic) bond motifs is 1. The smallest absolute Gasteiger partial charge is 0.257 e. The molecule has 1 aliphatic heterocycles. The van der Waals surface area contributed by atoms with Crippen molar-refractivity contribution in [2.45, 2.75) is 13.8 Å². The van der Waals surface area contributed by atoms with Crippen LogP contribution in [0.5, 0.6) is 5.75 Å². The predicted molar refractivity (Wildman–Crippen MR) is 115 cm³/mol. The van der Waals surface area contributed by atoms with E-state index in [1.807, 2.05) is 13.8 Å². The molecule has 3 rings (SSSR count). The van der Waals surface area contributed by atoms with Crippen LogP contribution in [-0.2, 0) is 4.79 Å². The largest absolute Gasteiger partial charge is 0.490 e. The zero-order chi connectivity index (χ0) is 20.5. The number of halogens is 2. The van der Waals surface area contributed by atoms with Gasteiger partial charge in [0.15, 0.2) is 0 Å². The molecule has 5 nitrogen and oxygen atoms in total. The summed E-state index contributed by atoms with van der Waals surface area (Å²) in [5.41, 5.74) is 0.880. The second-order valence-electron chi connectivity index (χ2n) is 7.14. The van der Waals surface area contributed by atoms with Crippen molar-refractivity contribution in [3.8, 4) is 5.75 Å². The number of carbonyl (C=O) groups excluding carboxylic acids is 2. The van der Waals surface area contributed by atoms with Crippen molar-refractivity contribution in [1.29, 1.82) is 0 Å². The van der Waals surface area contributed by atoms with Crippen LogP contribution in [0.25, 0.3) is 0 Å². The third kappa shape index (κ3) is 4.08. The first-order valence-corrected chi connectivity index (χ1v) is 9.86. The van der Waals surface area contributed by atoms with Gasteiger partial charge in [0.25, 0.3) is 5.91 Å². The molecule has 2 amide bonds. The van der Waals surface area contributed by atoms with E-state index < -0.39 is 5.41 Å². The lowest BCUT2D eigenvalue weighted by molar-refractivity contribution is -0.127. The standard InChI is InChI=1S/C21H20BrClN2O3/c1-4-9-25-17-8-6-14(11-18(17)28-12-21(2,3)20(25)27)24-19(26)15-10-13(22)5-7-16(15)23/h4-8,10-11H,1,9,12H2,2-3H3,(H,24,26). The Labute approximate surface area is 177 Å². The molecule has 7 heteroatoms. The van der Waals surface area contributed by atoms with Crippen LogP contribution in [0.2, 0.25) is 5.02 Å². The summed E-state index contributed by atoms with van der Waals surface area (Å²) < 4.78 is 6.66. The van der Waals surface area contributed by atoms with Gasteiger partial charge in [-0.3, -0.25) is 9.59 Å². The Morgan fingerprint density at radius 2 is 2.11 bits per heavy atom. The number of nitrogens with zero attached hydrogens (tertiary/aromatic N) is 1. The fourth-order valence-electron chi connectivity index (χ4n) is 2.91. The van der Waals surface area contributed by atoms with Crippen molar-refractivity contribution in [3.63, 3.8) is 0 Å². The highest BCUT2D eigenvalue weighted by Gasteiger charge is 2.37. The quantitative estimate of drug-likeness (QED) is 0.627. The molecule has 1 heterocycles. The summed E-state index contributed by atoms with van der Waals surface area (Å²) >= 11 is 9.48. The Bertz CT molecular complexity index is 959. The van der Waals surface area contributed by atoms with Gasteiger partial charge in [0.05, 0.1) is 21.7 Å². The van der Waals surface area contributed by atoms with Crippen LogP contribution in [0, 0.1) is 5.41 Å². The SMILES string of the molecule is C=CCN1C(=O)C(C)(C)COc2cc(NC(=O)c3cc(Br)ccc3Cl)ccc21. The second-order valence-corrected chi connectivity index (χ2v) is 8.46. The van der Waals surface area contributed by atoms with E-state index in [2.05, 4.69) is 27.8 Å². The number of amides is 2. The number of rotatable bonds is 4. The molecule has 0 atom stereocenters. The molecular formula is C21H20BrClN2O3. The summed E-state index contributed by atoms with van der Waals surface area (Å²) in [5.74, 6) is 0.155. The van der Waals surface area contributed by atoms with Crippen molar-refractivity contribution < 1.29 is 14.3 Å². The van der Waals surface area contributed by atoms with E-state index in [1.54, 1.807) is 47.4 Å². The summed E-state index contributed by atoms with van der Waals surface area (Å²) in [5, 5.41) is 3.19. The first-order valence-electron chi connectivity index (χ1n) is 8.69. The van der Waals surface area contributed by atoms with Gasteiger partial charge < -0.3 is 15.0 Å². The predicted octanol–water partition coefficient (Wildman–Crippen LogP) is 5.29. The number of ether oxygens (including phenoxy) is 1. The van der Waals surface area contributed by atoms with Gasteiger partial charge in [-0.2, -0.15) is 0 Å². The second kappa shape index (κ2) is 7.97. The third-order valence-electron chi connectivity index (χ3n) is 4.41. The number of benzene rings is 2. The minimum Gasteiger partial charge on any atom is -0.490 e. The lowest BCUT2D eigenvalue weighted by atomic mass is 9.93. The van der Waals surface area contributed by atoms with Crippen molar-refractivity contribution in [2.75, 3.05) is 23.4 Å². The van der Waals surface area contributed by atoms with Gasteiger partial charge in [-0.05, 0) is 44.2 Å². The zero-order valence-corrected chi connectivity index (χ0v) is 17.9. The summed E-state index contributed by atoms with van der Waals surface area (Å²) in [7, 11) is 0. The van der Waals surface area contributed by atoms with Crippen molar-refractivity contribution in [2.24, 2.45) is 5.41 Å². The highest BCUT2D eigenvalue weighted by molar-refractivity contribution is 9.10. The number of anilines is 2. The molecule has 0 unspecified atom stereocenters. The molecule has 0 fully saturated rings. The molecule has 0 saturated carbocycles. The molecule has 0 aliphatic carbocycles. The topological polar surface area (TPSA) is 58.6 Å². The lowest BCUT2D eigenvalue weighted by Gasteiger charge is -2.27. The van der Waals surface area contributed by atoms with Crippen LogP contribution in [0.3, 0.4) is 0 Å². The van der Waals surface area contributed by atoms with Gasteiger partial charge in [-0.1, -0.05) is 33.6 Å². The average molecular weight is 464 g/mol. The highest BCUT2D eigenvalue weighted by Crippen LogP contribution is 2.38. The Balaban J connectivity index is 1.92. The van der Waals surface area contributed by atoms with E-state index >= 15 is 0 Å². The Hall–Kier alpha value is -2.31. The van der Waals surface area contributed by atoms with E-state index in [0.29, 0.717) is 34.3 Å². The normalized spacial score (nSPS) is 15.3. The Morgan fingerprint density at radius 3 is 2.82 bits per heavy atom. The first kappa shape index (κ1) is 20.4. The maximum absolute atomic E-state index is 12.8. The van der Waals surface area contributed by atoms with E-state index in [4.69, 9.17) is 16.3 Å². The molecule has 2 aromatic rings. The van der Waals surface area contributed by atoms with Gasteiger partial charge in [0.2, 0.25) is 5.91 Å². The fourth-order valence-corrected chi connectivity index (χ4v) is 3.47. The highest BCUT2D eigenvalue weighted by atomic mass is 79.9. The molecule has 0 bridgehead atoms. The molecule has 1 aliphatic rings. The molecule has 146 valence electrons. The van der Waals surface area contributed by atoms with Gasteiger partial charge in [0, 0.05) is 22.8 Å². The van der Waals surface area contributed by atoms with E-state index in [1.165, 1.54) is 0 Å². The van der Waals surface area contributed by atoms with Gasteiger partial charge >= 0.3 is 0 Å². The molecule has 28 heavy (non-hydrogen) atoms. The van der Waals surface area contributed by atoms with Crippen LogP contribution in [0.15, 0.2) is 53.5 Å². The maximum Gasteiger partial charge on any atom is 0.257 e. The lowest BCUT2D eigenvalue weighted by Crippen LogP contribution is -2.42. The molecule has 0 saturated heterocycles. The van der Waals surface area contributed by atoms with E-state index in [9.17, 15) is 9.59 Å². The molecule has 0 spiro atoms. The zero-order valence-electron chi connectivity index (χ0n) is 15.6. The number of hydrogen-bond acceptors (Lipinski definition) is 3. The minimum absolute atomic E-state index is 0.0381. The molecule has 0 aromatic heterocycles. The number of nitrogens with one attached hydrogen (secondary N) is 1. The Morgan fingerprint density at radius 1 is 1.36 bits per heavy atom. The molecule has 2 aromatic carbocycles. The van der Waals surface area contributed by atoms with E-state index in [-0.39, 0.29) is 18.4 Å². The average Bonchev–Trinajstić information content (AvgIpc) is 2.74. The third-order valence-corrected chi connectivity index (χ3v) is 5.23. The molecule has 0 radical (unpaired) electrons. The van der Waals surface area contributed by atoms with Crippen LogP contribution >= 0.6 is 27.5 Å². The fraction of sp³-hybridized carbons (Fsp3) is 0.238.